The van der Waals surface area contributed by atoms with Crippen molar-refractivity contribution >= 4 is 39.2 Å². The minimum absolute atomic E-state index is 0.0250. The number of Topliss-reactive ketones (excluding diaryl/α,β-unsaturated/α-hetero) is 1. The van der Waals surface area contributed by atoms with Crippen molar-refractivity contribution in [1.82, 2.24) is 10.2 Å². The van der Waals surface area contributed by atoms with Gasteiger partial charge in [0.05, 0.1) is 17.3 Å². The molecule has 0 spiro atoms. The van der Waals surface area contributed by atoms with Crippen LogP contribution in [0.25, 0.3) is 5.76 Å². The van der Waals surface area contributed by atoms with Gasteiger partial charge in [-0.1, -0.05) is 66.2 Å². The molecule has 1 atom stereocenters. The lowest BCUT2D eigenvalue weighted by Crippen LogP contribution is -2.30. The number of anilines is 1. The van der Waals surface area contributed by atoms with Crippen LogP contribution < -0.4 is 4.90 Å². The van der Waals surface area contributed by atoms with Gasteiger partial charge in [-0.3, -0.25) is 14.5 Å². The summed E-state index contributed by atoms with van der Waals surface area (Å²) < 4.78 is 0.859. The van der Waals surface area contributed by atoms with Crippen molar-refractivity contribution in [3.05, 3.63) is 93.1 Å². The van der Waals surface area contributed by atoms with Gasteiger partial charge >= 0.3 is 5.91 Å². The zero-order valence-electron chi connectivity index (χ0n) is 17.9. The zero-order chi connectivity index (χ0) is 23.0. The van der Waals surface area contributed by atoms with Gasteiger partial charge in [0.1, 0.15) is 5.76 Å². The Hall–Kier alpha value is -3.32. The molecule has 0 aliphatic carbocycles. The lowest BCUT2D eigenvalue weighted by molar-refractivity contribution is -0.132. The van der Waals surface area contributed by atoms with Gasteiger partial charge in [-0.2, -0.15) is 5.10 Å². The molecule has 1 fully saturated rings. The minimum Gasteiger partial charge on any atom is -0.507 e. The van der Waals surface area contributed by atoms with Gasteiger partial charge < -0.3 is 5.11 Å². The highest BCUT2D eigenvalue weighted by atomic mass is 79.9. The molecule has 32 heavy (non-hydrogen) atoms. The molecule has 1 aliphatic rings. The van der Waals surface area contributed by atoms with E-state index in [0.717, 1.165) is 10.0 Å². The number of carbonyl (C=O) groups excluding carboxylic acids is 2. The van der Waals surface area contributed by atoms with E-state index in [2.05, 4.69) is 40.0 Å². The van der Waals surface area contributed by atoms with Crippen LogP contribution in [0.2, 0.25) is 0 Å². The maximum Gasteiger partial charge on any atom is 0.301 e. The minimum atomic E-state index is -0.829. The van der Waals surface area contributed by atoms with Crippen LogP contribution >= 0.6 is 15.9 Å². The Balaban J connectivity index is 1.90. The Bertz CT molecular complexity index is 1200. The number of nitrogens with zero attached hydrogens (tertiary/aromatic N) is 3. The Morgan fingerprint density at radius 1 is 0.969 bits per heavy atom. The Morgan fingerprint density at radius 2 is 1.62 bits per heavy atom. The lowest BCUT2D eigenvalue weighted by atomic mass is 9.94. The summed E-state index contributed by atoms with van der Waals surface area (Å²) in [5, 5.41) is 19.3. The maximum absolute atomic E-state index is 13.1. The summed E-state index contributed by atoms with van der Waals surface area (Å²) >= 11 is 3.41. The second-order valence-corrected chi connectivity index (χ2v) is 8.95. The van der Waals surface area contributed by atoms with Gasteiger partial charge in [-0.25, -0.2) is 0 Å². The molecule has 1 unspecified atom stereocenters. The standard InChI is InChI=1S/C25H22BrN3O3/c1-14(2)16-5-7-18(8-6-16)23(30)21-22(17-9-11-19(26)12-10-17)29(25(32)24(21)31)20-13-4-15(3)27-28-20/h4-14,22,30H,1-3H3. The number of benzene rings is 2. The fraction of sp³-hybridized carbons (Fsp3) is 0.200. The first-order valence-corrected chi connectivity index (χ1v) is 11.0. The van der Waals surface area contributed by atoms with Crippen LogP contribution in [0.1, 0.15) is 48.2 Å². The predicted octanol–water partition coefficient (Wildman–Crippen LogP) is 5.30. The smallest absolute Gasteiger partial charge is 0.301 e. The van der Waals surface area contributed by atoms with Crippen LogP contribution in [0.3, 0.4) is 0 Å². The molecule has 0 radical (unpaired) electrons. The Labute approximate surface area is 194 Å². The van der Waals surface area contributed by atoms with Crippen molar-refractivity contribution in [3.8, 4) is 0 Å². The molecule has 2 heterocycles. The molecule has 0 bridgehead atoms. The summed E-state index contributed by atoms with van der Waals surface area (Å²) in [6, 6.07) is 17.2. The van der Waals surface area contributed by atoms with Crippen molar-refractivity contribution in [2.75, 3.05) is 4.90 Å². The number of aliphatic hydroxyl groups excluding tert-OH is 1. The van der Waals surface area contributed by atoms with E-state index >= 15 is 0 Å². The predicted molar refractivity (Wildman–Crippen MR) is 126 cm³/mol. The number of hydrogen-bond acceptors (Lipinski definition) is 5. The fourth-order valence-corrected chi connectivity index (χ4v) is 4.00. The number of amides is 1. The van der Waals surface area contributed by atoms with Gasteiger partial charge in [0, 0.05) is 10.0 Å². The van der Waals surface area contributed by atoms with Crippen LogP contribution in [-0.2, 0) is 9.59 Å². The van der Waals surface area contributed by atoms with Gasteiger partial charge in [-0.15, -0.1) is 5.10 Å². The molecule has 1 saturated heterocycles. The molecular weight excluding hydrogens is 470 g/mol. The highest BCUT2D eigenvalue weighted by Crippen LogP contribution is 2.41. The number of hydrogen-bond donors (Lipinski definition) is 1. The summed E-state index contributed by atoms with van der Waals surface area (Å²) in [5.41, 5.74) is 2.98. The molecule has 162 valence electrons. The molecule has 1 N–H and O–H groups in total. The Kier molecular flexibility index (Phi) is 5.93. The van der Waals surface area contributed by atoms with E-state index in [-0.39, 0.29) is 17.2 Å². The molecular formula is C25H22BrN3O3. The first kappa shape index (κ1) is 21.9. The molecule has 6 nitrogen and oxygen atoms in total. The summed E-state index contributed by atoms with van der Waals surface area (Å²) in [6.45, 7) is 5.95. The number of ketones is 1. The van der Waals surface area contributed by atoms with Gasteiger partial charge in [0.25, 0.3) is 5.78 Å². The zero-order valence-corrected chi connectivity index (χ0v) is 19.5. The average Bonchev–Trinajstić information content (AvgIpc) is 3.05. The van der Waals surface area contributed by atoms with Crippen molar-refractivity contribution in [2.24, 2.45) is 0 Å². The van der Waals surface area contributed by atoms with E-state index in [4.69, 9.17) is 0 Å². The second kappa shape index (κ2) is 8.67. The SMILES string of the molecule is Cc1ccc(N2C(=O)C(=O)C(=C(O)c3ccc(C(C)C)cc3)C2c2ccc(Br)cc2)nn1. The van der Waals surface area contributed by atoms with Crippen molar-refractivity contribution in [1.29, 1.82) is 0 Å². The molecule has 1 aromatic heterocycles. The molecule has 7 heteroatoms. The maximum atomic E-state index is 13.1. The van der Waals surface area contributed by atoms with E-state index in [1.165, 1.54) is 4.90 Å². The van der Waals surface area contributed by atoms with E-state index in [1.807, 2.05) is 36.4 Å². The van der Waals surface area contributed by atoms with Crippen LogP contribution in [-0.4, -0.2) is 27.0 Å². The number of aryl methyl sites for hydroxylation is 1. The number of carbonyl (C=O) groups is 2. The van der Waals surface area contributed by atoms with Crippen molar-refractivity contribution < 1.29 is 14.7 Å². The highest BCUT2D eigenvalue weighted by molar-refractivity contribution is 9.10. The van der Waals surface area contributed by atoms with Gasteiger partial charge in [-0.05, 0) is 48.2 Å². The lowest BCUT2D eigenvalue weighted by Gasteiger charge is -2.24. The number of halogens is 1. The monoisotopic (exact) mass is 491 g/mol. The first-order valence-electron chi connectivity index (χ1n) is 10.2. The number of rotatable bonds is 4. The topological polar surface area (TPSA) is 83.4 Å². The van der Waals surface area contributed by atoms with E-state index in [0.29, 0.717) is 22.7 Å². The van der Waals surface area contributed by atoms with Gasteiger partial charge in [0.2, 0.25) is 0 Å². The summed E-state index contributed by atoms with van der Waals surface area (Å²) in [7, 11) is 0. The van der Waals surface area contributed by atoms with E-state index < -0.39 is 17.7 Å². The van der Waals surface area contributed by atoms with Gasteiger partial charge in [0.15, 0.2) is 5.82 Å². The van der Waals surface area contributed by atoms with Crippen LogP contribution in [0.15, 0.2) is 70.7 Å². The fourth-order valence-electron chi connectivity index (χ4n) is 3.73. The third kappa shape index (κ3) is 3.96. The van der Waals surface area contributed by atoms with Crippen molar-refractivity contribution in [3.63, 3.8) is 0 Å². The number of aliphatic hydroxyl groups is 1. The second-order valence-electron chi connectivity index (χ2n) is 8.03. The normalized spacial score (nSPS) is 17.9. The largest absolute Gasteiger partial charge is 0.507 e. The molecule has 3 aromatic rings. The summed E-state index contributed by atoms with van der Waals surface area (Å²) in [4.78, 5) is 27.5. The molecule has 1 aliphatic heterocycles. The third-order valence-corrected chi connectivity index (χ3v) is 6.04. The van der Waals surface area contributed by atoms with E-state index in [1.54, 1.807) is 31.2 Å². The number of aromatic nitrogens is 2. The average molecular weight is 492 g/mol. The van der Waals surface area contributed by atoms with E-state index in [9.17, 15) is 14.7 Å². The van der Waals surface area contributed by atoms with Crippen LogP contribution in [0.4, 0.5) is 5.82 Å². The first-order chi connectivity index (χ1) is 15.3. The molecule has 0 saturated carbocycles. The quantitative estimate of drug-likeness (QED) is 0.304. The van der Waals surface area contributed by atoms with Crippen LogP contribution in [0.5, 0.6) is 0 Å². The molecule has 1 amide bonds. The molecule has 4 rings (SSSR count). The summed E-state index contributed by atoms with van der Waals surface area (Å²) in [6.07, 6.45) is 0. The molecule has 2 aromatic carbocycles. The highest BCUT2D eigenvalue weighted by Gasteiger charge is 2.47. The Morgan fingerprint density at radius 3 is 2.19 bits per heavy atom. The van der Waals surface area contributed by atoms with Crippen LogP contribution in [0, 0.1) is 6.92 Å². The third-order valence-electron chi connectivity index (χ3n) is 5.51. The van der Waals surface area contributed by atoms with Crippen molar-refractivity contribution in [2.45, 2.75) is 32.7 Å². The summed E-state index contributed by atoms with van der Waals surface area (Å²) in [5.74, 6) is -1.14.